The van der Waals surface area contributed by atoms with Gasteiger partial charge < -0.3 is 10.0 Å². The number of aliphatic carboxylic acids is 1. The summed E-state index contributed by atoms with van der Waals surface area (Å²) in [5, 5.41) is 9.40. The maximum atomic E-state index is 12.4. The molecule has 1 rings (SSSR count). The summed E-state index contributed by atoms with van der Waals surface area (Å²) in [6, 6.07) is 0.231. The van der Waals surface area contributed by atoms with Gasteiger partial charge in [0.15, 0.2) is 0 Å². The van der Waals surface area contributed by atoms with Crippen LogP contribution in [-0.4, -0.2) is 34.0 Å². The van der Waals surface area contributed by atoms with Crippen molar-refractivity contribution in [1.29, 1.82) is 0 Å². The highest BCUT2D eigenvalue weighted by Crippen LogP contribution is 2.42. The molecule has 0 aromatic carbocycles. The van der Waals surface area contributed by atoms with Crippen molar-refractivity contribution in [2.45, 2.75) is 71.9 Å². The van der Waals surface area contributed by atoms with Crippen molar-refractivity contribution >= 4 is 11.9 Å². The molecule has 18 heavy (non-hydrogen) atoms. The Morgan fingerprint density at radius 2 is 1.56 bits per heavy atom. The molecule has 0 atom stereocenters. The minimum Gasteiger partial charge on any atom is -0.481 e. The number of nitrogens with zero attached hydrogens (tertiary/aromatic N) is 1. The molecule has 0 aromatic heterocycles. The lowest BCUT2D eigenvalue weighted by Gasteiger charge is -2.34. The van der Waals surface area contributed by atoms with Gasteiger partial charge in [0.2, 0.25) is 5.91 Å². The molecule has 1 fully saturated rings. The largest absolute Gasteiger partial charge is 0.481 e. The first kappa shape index (κ1) is 15.0. The molecular weight excluding hydrogens is 230 g/mol. The Labute approximate surface area is 109 Å². The average molecular weight is 255 g/mol. The molecule has 0 saturated heterocycles. The second-order valence-electron chi connectivity index (χ2n) is 5.96. The Bertz CT molecular complexity index is 309. The summed E-state index contributed by atoms with van der Waals surface area (Å²) in [6.45, 7) is 7.89. The number of carboxylic acid groups (broad SMARTS) is 1. The Balaban J connectivity index is 2.81. The molecule has 0 spiro atoms. The van der Waals surface area contributed by atoms with Gasteiger partial charge in [-0.05, 0) is 40.5 Å². The molecule has 1 N–H and O–H groups in total. The van der Waals surface area contributed by atoms with Crippen molar-refractivity contribution in [3.8, 4) is 0 Å². The summed E-state index contributed by atoms with van der Waals surface area (Å²) in [5.41, 5.74) is -0.806. The summed E-state index contributed by atoms with van der Waals surface area (Å²) < 4.78 is 0. The zero-order valence-corrected chi connectivity index (χ0v) is 11.9. The van der Waals surface area contributed by atoms with E-state index in [1.165, 1.54) is 0 Å². The zero-order chi connectivity index (χ0) is 13.9. The molecule has 1 saturated carbocycles. The van der Waals surface area contributed by atoms with Crippen LogP contribution in [0, 0.1) is 5.41 Å². The highest BCUT2D eigenvalue weighted by Gasteiger charge is 2.44. The molecule has 0 unspecified atom stereocenters. The quantitative estimate of drug-likeness (QED) is 0.821. The van der Waals surface area contributed by atoms with Gasteiger partial charge in [0.25, 0.3) is 0 Å². The van der Waals surface area contributed by atoms with Crippen LogP contribution in [0.1, 0.15) is 59.8 Å². The van der Waals surface area contributed by atoms with Crippen molar-refractivity contribution in [3.63, 3.8) is 0 Å². The van der Waals surface area contributed by atoms with Crippen molar-refractivity contribution < 1.29 is 14.7 Å². The van der Waals surface area contributed by atoms with E-state index < -0.39 is 11.4 Å². The molecule has 0 radical (unpaired) electrons. The van der Waals surface area contributed by atoms with Gasteiger partial charge in [-0.2, -0.15) is 0 Å². The highest BCUT2D eigenvalue weighted by atomic mass is 16.4. The van der Waals surface area contributed by atoms with Gasteiger partial charge in [-0.25, -0.2) is 0 Å². The third-order valence-corrected chi connectivity index (χ3v) is 3.90. The first-order valence-electron chi connectivity index (χ1n) is 6.85. The molecule has 0 heterocycles. The maximum Gasteiger partial charge on any atom is 0.310 e. The molecule has 0 aliphatic heterocycles. The molecule has 0 aromatic rings. The topological polar surface area (TPSA) is 57.6 Å². The maximum absolute atomic E-state index is 12.4. The summed E-state index contributed by atoms with van der Waals surface area (Å²) in [4.78, 5) is 25.6. The summed E-state index contributed by atoms with van der Waals surface area (Å²) in [6.07, 6.45) is 3.26. The predicted molar refractivity (Wildman–Crippen MR) is 70.3 cm³/mol. The SMILES string of the molecule is CC(C)N(C(=O)CC1(C(=O)O)CCCC1)C(C)C. The van der Waals surface area contributed by atoms with Crippen LogP contribution >= 0.6 is 0 Å². The molecule has 4 heteroatoms. The summed E-state index contributed by atoms with van der Waals surface area (Å²) >= 11 is 0. The van der Waals surface area contributed by atoms with Crippen LogP contribution in [0.15, 0.2) is 0 Å². The molecule has 1 aliphatic rings. The fraction of sp³-hybridized carbons (Fsp3) is 0.857. The van der Waals surface area contributed by atoms with Crippen molar-refractivity contribution in [3.05, 3.63) is 0 Å². The van der Waals surface area contributed by atoms with Gasteiger partial charge in [-0.15, -0.1) is 0 Å². The average Bonchev–Trinajstić information content (AvgIpc) is 2.65. The van der Waals surface area contributed by atoms with Gasteiger partial charge in [0.05, 0.1) is 5.41 Å². The predicted octanol–water partition coefficient (Wildman–Crippen LogP) is 2.67. The lowest BCUT2D eigenvalue weighted by molar-refractivity contribution is -0.154. The van der Waals surface area contributed by atoms with Gasteiger partial charge in [0.1, 0.15) is 0 Å². The fourth-order valence-electron chi connectivity index (χ4n) is 3.07. The molecule has 1 amide bonds. The van der Waals surface area contributed by atoms with E-state index in [1.807, 2.05) is 27.7 Å². The molecule has 1 aliphatic carbocycles. The summed E-state index contributed by atoms with van der Waals surface area (Å²) in [7, 11) is 0. The van der Waals surface area contributed by atoms with E-state index in [0.29, 0.717) is 12.8 Å². The van der Waals surface area contributed by atoms with E-state index in [0.717, 1.165) is 12.8 Å². The Hall–Kier alpha value is -1.06. The second kappa shape index (κ2) is 5.72. The minimum absolute atomic E-state index is 0.0238. The molecule has 0 bridgehead atoms. The number of carboxylic acids is 1. The molecule has 104 valence electrons. The minimum atomic E-state index is -0.806. The van der Waals surface area contributed by atoms with Crippen LogP contribution in [0.3, 0.4) is 0 Å². The van der Waals surface area contributed by atoms with Gasteiger partial charge in [0, 0.05) is 18.5 Å². The van der Waals surface area contributed by atoms with E-state index in [9.17, 15) is 14.7 Å². The number of rotatable bonds is 5. The normalized spacial score (nSPS) is 18.3. The standard InChI is InChI=1S/C14H25NO3/c1-10(2)15(11(3)4)12(16)9-14(13(17)18)7-5-6-8-14/h10-11H,5-9H2,1-4H3,(H,17,18). The smallest absolute Gasteiger partial charge is 0.310 e. The number of hydrogen-bond acceptors (Lipinski definition) is 2. The van der Waals surface area contributed by atoms with Crippen LogP contribution in [0.2, 0.25) is 0 Å². The Morgan fingerprint density at radius 3 is 1.89 bits per heavy atom. The van der Waals surface area contributed by atoms with Gasteiger partial charge in [-0.3, -0.25) is 9.59 Å². The Kier molecular flexibility index (Phi) is 4.77. The Morgan fingerprint density at radius 1 is 1.11 bits per heavy atom. The van der Waals surface area contributed by atoms with Gasteiger partial charge >= 0.3 is 5.97 Å². The van der Waals surface area contributed by atoms with E-state index >= 15 is 0 Å². The van der Waals surface area contributed by atoms with Crippen LogP contribution < -0.4 is 0 Å². The number of hydrogen-bond donors (Lipinski definition) is 1. The van der Waals surface area contributed by atoms with E-state index in [-0.39, 0.29) is 24.4 Å². The number of carbonyl (C=O) groups is 2. The van der Waals surface area contributed by atoms with Crippen LogP contribution in [0.5, 0.6) is 0 Å². The lowest BCUT2D eigenvalue weighted by atomic mass is 9.82. The van der Waals surface area contributed by atoms with Crippen molar-refractivity contribution in [1.82, 2.24) is 4.90 Å². The van der Waals surface area contributed by atoms with Crippen molar-refractivity contribution in [2.24, 2.45) is 5.41 Å². The van der Waals surface area contributed by atoms with Crippen molar-refractivity contribution in [2.75, 3.05) is 0 Å². The second-order valence-corrected chi connectivity index (χ2v) is 5.96. The van der Waals surface area contributed by atoms with E-state index in [2.05, 4.69) is 0 Å². The zero-order valence-electron chi connectivity index (χ0n) is 11.9. The first-order chi connectivity index (χ1) is 8.30. The first-order valence-corrected chi connectivity index (χ1v) is 6.85. The molecule has 4 nitrogen and oxygen atoms in total. The number of carbonyl (C=O) groups excluding carboxylic acids is 1. The fourth-order valence-corrected chi connectivity index (χ4v) is 3.07. The highest BCUT2D eigenvalue weighted by molar-refractivity contribution is 5.85. The molecular formula is C14H25NO3. The third kappa shape index (κ3) is 3.03. The van der Waals surface area contributed by atoms with Crippen LogP contribution in [0.4, 0.5) is 0 Å². The summed E-state index contributed by atoms with van der Waals surface area (Å²) in [5.74, 6) is -0.829. The third-order valence-electron chi connectivity index (χ3n) is 3.90. The van der Waals surface area contributed by atoms with Gasteiger partial charge in [-0.1, -0.05) is 12.8 Å². The monoisotopic (exact) mass is 255 g/mol. The lowest BCUT2D eigenvalue weighted by Crippen LogP contribution is -2.45. The van der Waals surface area contributed by atoms with E-state index in [4.69, 9.17) is 0 Å². The van der Waals surface area contributed by atoms with E-state index in [1.54, 1.807) is 4.90 Å². The number of amides is 1. The van der Waals surface area contributed by atoms with Crippen LogP contribution in [0.25, 0.3) is 0 Å². The van der Waals surface area contributed by atoms with Crippen LogP contribution in [-0.2, 0) is 9.59 Å².